The van der Waals surface area contributed by atoms with Crippen LogP contribution in [0.4, 0.5) is 0 Å². The minimum absolute atomic E-state index is 0.0669. The van der Waals surface area contributed by atoms with Crippen LogP contribution in [0.1, 0.15) is 52.9 Å². The Balaban J connectivity index is 2.82. The highest BCUT2D eigenvalue weighted by atomic mass is 79.9. The Morgan fingerprint density at radius 1 is 1.20 bits per heavy atom. The fourth-order valence-electron chi connectivity index (χ4n) is 2.07. The molecule has 0 atom stereocenters. The second-order valence-electron chi connectivity index (χ2n) is 5.27. The first-order valence-electron chi connectivity index (χ1n) is 5.57. The van der Waals surface area contributed by atoms with Gasteiger partial charge in [0.2, 0.25) is 0 Å². The highest BCUT2D eigenvalue weighted by Gasteiger charge is 2.49. The van der Waals surface area contributed by atoms with E-state index in [1.807, 2.05) is 13.8 Å². The summed E-state index contributed by atoms with van der Waals surface area (Å²) in [6.45, 7) is 6.03. The van der Waals surface area contributed by atoms with E-state index in [4.69, 9.17) is 0 Å². The highest BCUT2D eigenvalue weighted by molar-refractivity contribution is 9.10. The van der Waals surface area contributed by atoms with E-state index in [9.17, 15) is 9.59 Å². The summed E-state index contributed by atoms with van der Waals surface area (Å²) in [7, 11) is 0. The van der Waals surface area contributed by atoms with Crippen molar-refractivity contribution in [3.8, 4) is 0 Å². The third kappa shape index (κ3) is 2.68. The molecule has 1 aliphatic carbocycles. The molecule has 0 saturated heterocycles. The number of ketones is 2. The van der Waals surface area contributed by atoms with Crippen molar-refractivity contribution in [1.82, 2.24) is 0 Å². The number of carbonyl (C=O) groups excluding carboxylic acids is 2. The van der Waals surface area contributed by atoms with E-state index in [1.54, 1.807) is 0 Å². The number of hydrogen-bond acceptors (Lipinski definition) is 2. The lowest BCUT2D eigenvalue weighted by molar-refractivity contribution is -0.137. The van der Waals surface area contributed by atoms with Crippen LogP contribution in [0.15, 0.2) is 0 Å². The molecule has 0 aromatic rings. The van der Waals surface area contributed by atoms with Crippen LogP contribution in [0.5, 0.6) is 0 Å². The first-order valence-corrected chi connectivity index (χ1v) is 6.37. The Hall–Kier alpha value is -0.180. The molecule has 0 aromatic carbocycles. The smallest absolute Gasteiger partial charge is 0.157 e. The third-order valence-electron chi connectivity index (χ3n) is 3.04. The molecule has 0 aromatic heterocycles. The molecule has 1 aliphatic rings. The number of Topliss-reactive ketones (excluding diaryl/α,β-unsaturated/α-hetero) is 2. The van der Waals surface area contributed by atoms with E-state index in [0.717, 1.165) is 12.8 Å². The number of carbonyl (C=O) groups is 2. The summed E-state index contributed by atoms with van der Waals surface area (Å²) in [5.74, 6) is 0.134. The van der Waals surface area contributed by atoms with Gasteiger partial charge in [-0.15, -0.1) is 0 Å². The standard InChI is InChI=1S/C12H19BrO2/c1-4-5-6-12(13)9(14)7-11(2,3)8-10(12)15/h4-8H2,1-3H3. The second kappa shape index (κ2) is 4.36. The summed E-state index contributed by atoms with van der Waals surface area (Å²) in [5.41, 5.74) is -0.155. The summed E-state index contributed by atoms with van der Waals surface area (Å²) >= 11 is 3.38. The highest BCUT2D eigenvalue weighted by Crippen LogP contribution is 2.42. The van der Waals surface area contributed by atoms with Gasteiger partial charge in [0.05, 0.1) is 0 Å². The van der Waals surface area contributed by atoms with Gasteiger partial charge >= 0.3 is 0 Å². The Kier molecular flexibility index (Phi) is 3.75. The average Bonchev–Trinajstić information content (AvgIpc) is 2.10. The van der Waals surface area contributed by atoms with Crippen LogP contribution in [0.25, 0.3) is 0 Å². The van der Waals surface area contributed by atoms with E-state index in [1.165, 1.54) is 0 Å². The van der Waals surface area contributed by atoms with E-state index < -0.39 is 4.32 Å². The lowest BCUT2D eigenvalue weighted by atomic mass is 9.70. The molecule has 86 valence electrons. The molecule has 2 nitrogen and oxygen atoms in total. The Morgan fingerprint density at radius 2 is 1.67 bits per heavy atom. The van der Waals surface area contributed by atoms with Gasteiger partial charge < -0.3 is 0 Å². The number of rotatable bonds is 3. The van der Waals surface area contributed by atoms with Gasteiger partial charge in [-0.25, -0.2) is 0 Å². The van der Waals surface area contributed by atoms with Gasteiger partial charge in [0, 0.05) is 12.8 Å². The Bertz CT molecular complexity index is 261. The van der Waals surface area contributed by atoms with Crippen molar-refractivity contribution >= 4 is 27.5 Å². The summed E-state index contributed by atoms with van der Waals surface area (Å²) in [5, 5.41) is 0. The molecule has 0 heterocycles. The van der Waals surface area contributed by atoms with Crippen LogP contribution in [-0.2, 0) is 9.59 Å². The lowest BCUT2D eigenvalue weighted by Crippen LogP contribution is -2.49. The fraction of sp³-hybridized carbons (Fsp3) is 0.833. The maximum Gasteiger partial charge on any atom is 0.157 e. The third-order valence-corrected chi connectivity index (χ3v) is 4.32. The fourth-order valence-corrected chi connectivity index (χ4v) is 2.63. The van der Waals surface area contributed by atoms with Crippen LogP contribution in [0, 0.1) is 5.41 Å². The lowest BCUT2D eigenvalue weighted by Gasteiger charge is -2.37. The largest absolute Gasteiger partial charge is 0.298 e. The summed E-state index contributed by atoms with van der Waals surface area (Å²) in [6.07, 6.45) is 3.60. The molecule has 0 radical (unpaired) electrons. The normalized spacial score (nSPS) is 24.3. The van der Waals surface area contributed by atoms with Crippen molar-refractivity contribution in [3.63, 3.8) is 0 Å². The monoisotopic (exact) mass is 274 g/mol. The Morgan fingerprint density at radius 3 is 2.07 bits per heavy atom. The quantitative estimate of drug-likeness (QED) is 0.585. The minimum atomic E-state index is -0.863. The zero-order valence-corrected chi connectivity index (χ0v) is 11.3. The van der Waals surface area contributed by atoms with E-state index in [2.05, 4.69) is 22.9 Å². The minimum Gasteiger partial charge on any atom is -0.298 e. The summed E-state index contributed by atoms with van der Waals surface area (Å²) < 4.78 is -0.863. The van der Waals surface area contributed by atoms with Crippen LogP contribution in [-0.4, -0.2) is 15.9 Å². The van der Waals surface area contributed by atoms with Crippen LogP contribution in [0.3, 0.4) is 0 Å². The van der Waals surface area contributed by atoms with Crippen LogP contribution >= 0.6 is 15.9 Å². The van der Waals surface area contributed by atoms with Crippen LogP contribution < -0.4 is 0 Å². The van der Waals surface area contributed by atoms with Crippen molar-refractivity contribution in [2.75, 3.05) is 0 Å². The van der Waals surface area contributed by atoms with Crippen molar-refractivity contribution in [2.24, 2.45) is 5.41 Å². The average molecular weight is 275 g/mol. The molecule has 0 unspecified atom stereocenters. The van der Waals surface area contributed by atoms with Crippen molar-refractivity contribution in [1.29, 1.82) is 0 Å². The maximum atomic E-state index is 12.0. The second-order valence-corrected chi connectivity index (χ2v) is 6.62. The van der Waals surface area contributed by atoms with Crippen molar-refractivity contribution < 1.29 is 9.59 Å². The van der Waals surface area contributed by atoms with E-state index in [0.29, 0.717) is 19.3 Å². The predicted molar refractivity (Wildman–Crippen MR) is 64.2 cm³/mol. The molecule has 15 heavy (non-hydrogen) atoms. The molecule has 1 rings (SSSR count). The molecule has 0 N–H and O–H groups in total. The zero-order chi connectivity index (χ0) is 11.7. The Labute approximate surface area is 99.9 Å². The topological polar surface area (TPSA) is 34.1 Å². The molecule has 1 fully saturated rings. The van der Waals surface area contributed by atoms with Gasteiger partial charge in [-0.2, -0.15) is 0 Å². The van der Waals surface area contributed by atoms with Gasteiger partial charge in [0.15, 0.2) is 11.6 Å². The number of halogens is 1. The maximum absolute atomic E-state index is 12.0. The molecular weight excluding hydrogens is 256 g/mol. The molecule has 3 heteroatoms. The summed E-state index contributed by atoms with van der Waals surface area (Å²) in [4.78, 5) is 24.0. The number of unbranched alkanes of at least 4 members (excludes halogenated alkanes) is 1. The van der Waals surface area contributed by atoms with Crippen molar-refractivity contribution in [3.05, 3.63) is 0 Å². The molecule has 0 amide bonds. The van der Waals surface area contributed by atoms with E-state index >= 15 is 0 Å². The van der Waals surface area contributed by atoms with Crippen LogP contribution in [0.2, 0.25) is 0 Å². The number of alkyl halides is 1. The SMILES string of the molecule is CCCCC1(Br)C(=O)CC(C)(C)CC1=O. The summed E-state index contributed by atoms with van der Waals surface area (Å²) in [6, 6.07) is 0. The van der Waals surface area contributed by atoms with Gasteiger partial charge in [-0.3, -0.25) is 9.59 Å². The molecule has 0 aliphatic heterocycles. The zero-order valence-electron chi connectivity index (χ0n) is 9.73. The molecule has 0 spiro atoms. The van der Waals surface area contributed by atoms with Crippen molar-refractivity contribution in [2.45, 2.75) is 57.2 Å². The first-order chi connectivity index (χ1) is 6.82. The molecular formula is C12H19BrO2. The molecule has 1 saturated carbocycles. The number of hydrogen-bond donors (Lipinski definition) is 0. The first kappa shape index (κ1) is 12.9. The van der Waals surface area contributed by atoms with Gasteiger partial charge in [0.25, 0.3) is 0 Å². The predicted octanol–water partition coefficient (Wildman–Crippen LogP) is 3.27. The van der Waals surface area contributed by atoms with Gasteiger partial charge in [-0.05, 0) is 11.8 Å². The molecule has 0 bridgehead atoms. The van der Waals surface area contributed by atoms with Gasteiger partial charge in [0.1, 0.15) is 4.32 Å². The van der Waals surface area contributed by atoms with E-state index in [-0.39, 0.29) is 17.0 Å². The van der Waals surface area contributed by atoms with Gasteiger partial charge in [-0.1, -0.05) is 49.5 Å².